The van der Waals surface area contributed by atoms with E-state index in [4.69, 9.17) is 11.6 Å². The van der Waals surface area contributed by atoms with Crippen LogP contribution in [-0.2, 0) is 13.1 Å². The fourth-order valence-electron chi connectivity index (χ4n) is 1.77. The highest BCUT2D eigenvalue weighted by Crippen LogP contribution is 2.17. The van der Waals surface area contributed by atoms with Gasteiger partial charge < -0.3 is 5.32 Å². The number of benzene rings is 2. The van der Waals surface area contributed by atoms with Gasteiger partial charge in [0.15, 0.2) is 0 Å². The average Bonchev–Trinajstić information content (AvgIpc) is 2.38. The van der Waals surface area contributed by atoms with Gasteiger partial charge in [0, 0.05) is 28.1 Å². The van der Waals surface area contributed by atoms with Crippen LogP contribution in [-0.4, -0.2) is 0 Å². The zero-order valence-corrected chi connectivity index (χ0v) is 12.9. The van der Waals surface area contributed by atoms with Crippen molar-refractivity contribution < 1.29 is 4.39 Å². The minimum atomic E-state index is -0.197. The molecule has 0 spiro atoms. The molecule has 2 rings (SSSR count). The summed E-state index contributed by atoms with van der Waals surface area (Å²) in [6, 6.07) is 10.9. The Morgan fingerprint density at radius 1 is 1.16 bits per heavy atom. The number of nitrogens with one attached hydrogen (secondary N) is 1. The smallest absolute Gasteiger partial charge is 0.127 e. The Kier molecular flexibility index (Phi) is 4.97. The van der Waals surface area contributed by atoms with Gasteiger partial charge in [-0.15, -0.1) is 0 Å². The van der Waals surface area contributed by atoms with Crippen LogP contribution in [0.1, 0.15) is 16.7 Å². The van der Waals surface area contributed by atoms with Crippen molar-refractivity contribution in [1.82, 2.24) is 5.32 Å². The predicted molar refractivity (Wildman–Crippen MR) is 80.8 cm³/mol. The molecule has 0 fully saturated rings. The summed E-state index contributed by atoms with van der Waals surface area (Å²) in [5.74, 6) is -0.197. The van der Waals surface area contributed by atoms with Crippen molar-refractivity contribution in [3.05, 3.63) is 68.4 Å². The molecule has 0 saturated carbocycles. The van der Waals surface area contributed by atoms with Crippen LogP contribution in [0.2, 0.25) is 5.02 Å². The Bertz CT molecular complexity index is 586. The van der Waals surface area contributed by atoms with Gasteiger partial charge in [-0.05, 0) is 42.3 Å². The monoisotopic (exact) mass is 341 g/mol. The van der Waals surface area contributed by atoms with Gasteiger partial charge in [-0.25, -0.2) is 4.39 Å². The first kappa shape index (κ1) is 14.5. The molecule has 0 aliphatic rings. The zero-order valence-electron chi connectivity index (χ0n) is 10.5. The normalized spacial score (nSPS) is 10.7. The van der Waals surface area contributed by atoms with E-state index in [9.17, 15) is 4.39 Å². The maximum absolute atomic E-state index is 13.5. The Labute approximate surface area is 125 Å². The molecule has 0 atom stereocenters. The van der Waals surface area contributed by atoms with Crippen molar-refractivity contribution in [3.63, 3.8) is 0 Å². The Hall–Kier alpha value is -0.900. The predicted octanol–water partition coefficient (Wildman–Crippen LogP) is 4.84. The van der Waals surface area contributed by atoms with Crippen LogP contribution in [0.25, 0.3) is 0 Å². The van der Waals surface area contributed by atoms with Crippen LogP contribution in [0.5, 0.6) is 0 Å². The van der Waals surface area contributed by atoms with Gasteiger partial charge in [-0.1, -0.05) is 39.7 Å². The number of aryl methyl sites for hydroxylation is 1. The van der Waals surface area contributed by atoms with Crippen LogP contribution >= 0.6 is 27.5 Å². The third kappa shape index (κ3) is 4.03. The summed E-state index contributed by atoms with van der Waals surface area (Å²) in [4.78, 5) is 0. The standard InChI is InChI=1S/C15H14BrClFN/c1-10-2-3-11(6-14(10)17)8-19-9-12-7-13(16)4-5-15(12)18/h2-7,19H,8-9H2,1H3. The summed E-state index contributed by atoms with van der Waals surface area (Å²) in [6.07, 6.45) is 0. The molecule has 0 bridgehead atoms. The zero-order chi connectivity index (χ0) is 13.8. The lowest BCUT2D eigenvalue weighted by Crippen LogP contribution is -2.13. The maximum Gasteiger partial charge on any atom is 0.127 e. The van der Waals surface area contributed by atoms with Gasteiger partial charge >= 0.3 is 0 Å². The average molecular weight is 343 g/mol. The molecule has 0 saturated heterocycles. The molecule has 0 unspecified atom stereocenters. The summed E-state index contributed by atoms with van der Waals surface area (Å²) in [5, 5.41) is 3.97. The molecule has 0 heterocycles. The highest BCUT2D eigenvalue weighted by Gasteiger charge is 2.03. The van der Waals surface area contributed by atoms with E-state index in [0.29, 0.717) is 18.7 Å². The van der Waals surface area contributed by atoms with Crippen LogP contribution in [0.3, 0.4) is 0 Å². The molecule has 4 heteroatoms. The fourth-order valence-corrected chi connectivity index (χ4v) is 2.38. The first-order valence-electron chi connectivity index (χ1n) is 5.96. The molecule has 0 aromatic heterocycles. The Morgan fingerprint density at radius 3 is 2.68 bits per heavy atom. The molecule has 0 amide bonds. The van der Waals surface area contributed by atoms with Gasteiger partial charge in [-0.2, -0.15) is 0 Å². The molecule has 2 aromatic rings. The van der Waals surface area contributed by atoms with E-state index < -0.39 is 0 Å². The van der Waals surface area contributed by atoms with E-state index in [2.05, 4.69) is 21.2 Å². The van der Waals surface area contributed by atoms with E-state index >= 15 is 0 Å². The topological polar surface area (TPSA) is 12.0 Å². The second kappa shape index (κ2) is 6.51. The van der Waals surface area contributed by atoms with E-state index in [1.54, 1.807) is 12.1 Å². The van der Waals surface area contributed by atoms with Gasteiger partial charge in [0.05, 0.1) is 0 Å². The van der Waals surface area contributed by atoms with Gasteiger partial charge in [0.2, 0.25) is 0 Å². The summed E-state index contributed by atoms with van der Waals surface area (Å²) in [5.41, 5.74) is 2.79. The molecule has 100 valence electrons. The van der Waals surface area contributed by atoms with Crippen molar-refractivity contribution in [3.8, 4) is 0 Å². The van der Waals surface area contributed by atoms with Crippen LogP contribution in [0, 0.1) is 12.7 Å². The molecule has 0 aliphatic carbocycles. The van der Waals surface area contributed by atoms with Crippen molar-refractivity contribution in [2.45, 2.75) is 20.0 Å². The highest BCUT2D eigenvalue weighted by molar-refractivity contribution is 9.10. The molecule has 0 radical (unpaired) electrons. The molecule has 0 aliphatic heterocycles. The SMILES string of the molecule is Cc1ccc(CNCc2cc(Br)ccc2F)cc1Cl. The first-order chi connectivity index (χ1) is 9.06. The van der Waals surface area contributed by atoms with Gasteiger partial charge in [-0.3, -0.25) is 0 Å². The summed E-state index contributed by atoms with van der Waals surface area (Å²) >= 11 is 9.40. The molecular weight excluding hydrogens is 329 g/mol. The minimum absolute atomic E-state index is 0.197. The lowest BCUT2D eigenvalue weighted by atomic mass is 10.1. The van der Waals surface area contributed by atoms with E-state index in [0.717, 1.165) is 20.6 Å². The highest BCUT2D eigenvalue weighted by atomic mass is 79.9. The molecular formula is C15H14BrClFN. The van der Waals surface area contributed by atoms with Gasteiger partial charge in [0.25, 0.3) is 0 Å². The summed E-state index contributed by atoms with van der Waals surface area (Å²) < 4.78 is 14.4. The van der Waals surface area contributed by atoms with Crippen LogP contribution in [0.4, 0.5) is 4.39 Å². The second-order valence-corrected chi connectivity index (χ2v) is 5.75. The second-order valence-electron chi connectivity index (χ2n) is 4.42. The van der Waals surface area contributed by atoms with Crippen LogP contribution in [0.15, 0.2) is 40.9 Å². The molecule has 1 N–H and O–H groups in total. The molecule has 2 aromatic carbocycles. The fraction of sp³-hybridized carbons (Fsp3) is 0.200. The van der Waals surface area contributed by atoms with Crippen LogP contribution < -0.4 is 5.32 Å². The number of halogens is 3. The third-order valence-corrected chi connectivity index (χ3v) is 3.79. The van der Waals surface area contributed by atoms with Crippen molar-refractivity contribution in [1.29, 1.82) is 0 Å². The maximum atomic E-state index is 13.5. The lowest BCUT2D eigenvalue weighted by molar-refractivity contribution is 0.587. The van der Waals surface area contributed by atoms with Crippen molar-refractivity contribution in [2.75, 3.05) is 0 Å². The molecule has 19 heavy (non-hydrogen) atoms. The Morgan fingerprint density at radius 2 is 1.95 bits per heavy atom. The third-order valence-electron chi connectivity index (χ3n) is 2.89. The van der Waals surface area contributed by atoms with Crippen molar-refractivity contribution >= 4 is 27.5 Å². The van der Waals surface area contributed by atoms with E-state index in [-0.39, 0.29) is 5.82 Å². The quantitative estimate of drug-likeness (QED) is 0.838. The number of hydrogen-bond donors (Lipinski definition) is 1. The largest absolute Gasteiger partial charge is 0.309 e. The Balaban J connectivity index is 1.96. The van der Waals surface area contributed by atoms with Crippen molar-refractivity contribution in [2.24, 2.45) is 0 Å². The minimum Gasteiger partial charge on any atom is -0.309 e. The summed E-state index contributed by atoms with van der Waals surface area (Å²) in [6.45, 7) is 3.11. The van der Waals surface area contributed by atoms with Gasteiger partial charge in [0.1, 0.15) is 5.82 Å². The summed E-state index contributed by atoms with van der Waals surface area (Å²) in [7, 11) is 0. The van der Waals surface area contributed by atoms with E-state index in [1.807, 2.05) is 25.1 Å². The molecule has 1 nitrogen and oxygen atoms in total. The van der Waals surface area contributed by atoms with E-state index in [1.165, 1.54) is 6.07 Å². The number of hydrogen-bond acceptors (Lipinski definition) is 1. The number of rotatable bonds is 4. The first-order valence-corrected chi connectivity index (χ1v) is 7.13. The lowest BCUT2D eigenvalue weighted by Gasteiger charge is -2.08.